The number of fused-ring (bicyclic) bond motifs is 6. The smallest absolute Gasteiger partial charge is 0.0541 e. The maximum absolute atomic E-state index is 2.58. The van der Waals surface area contributed by atoms with Crippen molar-refractivity contribution in [2.24, 2.45) is 0 Å². The summed E-state index contributed by atoms with van der Waals surface area (Å²) >= 11 is 0. The molecule has 1 aliphatic carbocycles. The average Bonchev–Trinajstić information content (AvgIpc) is 3.66. The lowest BCUT2D eigenvalue weighted by Crippen LogP contribution is -2.26. The van der Waals surface area contributed by atoms with Crippen molar-refractivity contribution in [3.63, 3.8) is 0 Å². The molecule has 256 valence electrons. The van der Waals surface area contributed by atoms with E-state index in [1.807, 2.05) is 0 Å². The molecule has 2 nitrogen and oxygen atoms in total. The number of anilines is 3. The molecule has 1 aliphatic rings. The fourth-order valence-electron chi connectivity index (χ4n) is 8.92. The highest BCUT2D eigenvalue weighted by Gasteiger charge is 2.43. The lowest BCUT2D eigenvalue weighted by atomic mass is 9.70. The van der Waals surface area contributed by atoms with Crippen LogP contribution in [0.2, 0.25) is 0 Å². The molecule has 0 aliphatic heterocycles. The average molecular weight is 667 g/mol. The zero-order valence-electron chi connectivity index (χ0n) is 30.3. The van der Waals surface area contributed by atoms with Crippen molar-refractivity contribution in [2.75, 3.05) is 4.90 Å². The van der Waals surface area contributed by atoms with Crippen molar-refractivity contribution in [3.8, 4) is 16.8 Å². The van der Waals surface area contributed by atoms with Gasteiger partial charge in [-0.25, -0.2) is 0 Å². The number of unbranched alkanes of at least 4 members (excludes halogenated alkanes) is 6. The molecule has 51 heavy (non-hydrogen) atoms. The van der Waals surface area contributed by atoms with Crippen LogP contribution in [0.25, 0.3) is 38.6 Å². The van der Waals surface area contributed by atoms with Gasteiger partial charge in [-0.05, 0) is 95.8 Å². The molecule has 0 saturated heterocycles. The highest BCUT2D eigenvalue weighted by Crippen LogP contribution is 2.56. The molecule has 1 heterocycles. The number of hydrogen-bond donors (Lipinski definition) is 0. The standard InChI is InChI=1S/C49H50N2/c1-3-5-7-19-33-49(34-20-8-6-4-2)45-35-39(50(37-21-11-9-12-22-37)38-23-13-10-14-24-38)29-31-41(45)42-32-30-40(36-46(42)49)51-47-27-17-15-25-43(47)44-26-16-18-28-48(44)51/h9-18,21-32,35-36H,3-8,19-20,33-34H2,1-2H3. The van der Waals surface area contributed by atoms with E-state index < -0.39 is 0 Å². The second kappa shape index (κ2) is 14.6. The normalized spacial score (nSPS) is 13.1. The van der Waals surface area contributed by atoms with Gasteiger partial charge in [0.1, 0.15) is 0 Å². The van der Waals surface area contributed by atoms with Gasteiger partial charge in [-0.1, -0.05) is 150 Å². The van der Waals surface area contributed by atoms with E-state index in [2.05, 4.69) is 169 Å². The van der Waals surface area contributed by atoms with Crippen LogP contribution < -0.4 is 4.90 Å². The van der Waals surface area contributed by atoms with Gasteiger partial charge in [-0.3, -0.25) is 0 Å². The first-order chi connectivity index (χ1) is 25.2. The minimum Gasteiger partial charge on any atom is -0.310 e. The molecule has 0 fully saturated rings. The van der Waals surface area contributed by atoms with E-state index in [0.717, 1.165) is 0 Å². The Balaban J connectivity index is 1.33. The van der Waals surface area contributed by atoms with Crippen molar-refractivity contribution in [1.29, 1.82) is 0 Å². The van der Waals surface area contributed by atoms with Gasteiger partial charge >= 0.3 is 0 Å². The lowest BCUT2D eigenvalue weighted by molar-refractivity contribution is 0.401. The van der Waals surface area contributed by atoms with Crippen LogP contribution in [0, 0.1) is 0 Å². The fraction of sp³-hybridized carbons (Fsp3) is 0.265. The number of aromatic nitrogens is 1. The molecule has 8 rings (SSSR count). The minimum atomic E-state index is -0.0457. The molecule has 0 radical (unpaired) electrons. The van der Waals surface area contributed by atoms with Crippen molar-refractivity contribution in [3.05, 3.63) is 157 Å². The molecule has 0 amide bonds. The molecule has 0 spiro atoms. The van der Waals surface area contributed by atoms with Crippen molar-refractivity contribution < 1.29 is 0 Å². The summed E-state index contributed by atoms with van der Waals surface area (Å²) < 4.78 is 2.50. The van der Waals surface area contributed by atoms with Gasteiger partial charge in [0.15, 0.2) is 0 Å². The highest BCUT2D eigenvalue weighted by atomic mass is 15.1. The van der Waals surface area contributed by atoms with Gasteiger partial charge in [-0.15, -0.1) is 0 Å². The van der Waals surface area contributed by atoms with Crippen molar-refractivity contribution in [1.82, 2.24) is 4.57 Å². The van der Waals surface area contributed by atoms with Crippen molar-refractivity contribution >= 4 is 38.9 Å². The van der Waals surface area contributed by atoms with Gasteiger partial charge in [-0.2, -0.15) is 0 Å². The number of rotatable bonds is 14. The molecule has 0 unspecified atom stereocenters. The second-order valence-electron chi connectivity index (χ2n) is 14.5. The van der Waals surface area contributed by atoms with E-state index in [4.69, 9.17) is 0 Å². The quantitative estimate of drug-likeness (QED) is 0.105. The molecule has 0 N–H and O–H groups in total. The predicted molar refractivity (Wildman–Crippen MR) is 219 cm³/mol. The van der Waals surface area contributed by atoms with Crippen LogP contribution in [0.3, 0.4) is 0 Å². The third-order valence-corrected chi connectivity index (χ3v) is 11.4. The van der Waals surface area contributed by atoms with Crippen molar-refractivity contribution in [2.45, 2.75) is 83.5 Å². The highest BCUT2D eigenvalue weighted by molar-refractivity contribution is 6.09. The first kappa shape index (κ1) is 33.1. The summed E-state index contributed by atoms with van der Waals surface area (Å²) in [6.45, 7) is 4.65. The first-order valence-electron chi connectivity index (χ1n) is 19.4. The van der Waals surface area contributed by atoms with E-state index in [1.54, 1.807) is 0 Å². The Labute approximate surface area is 304 Å². The molecular weight excluding hydrogens is 617 g/mol. The zero-order chi connectivity index (χ0) is 34.6. The molecule has 1 aromatic heterocycles. The summed E-state index contributed by atoms with van der Waals surface area (Å²) in [5.41, 5.74) is 13.2. The lowest BCUT2D eigenvalue weighted by Gasteiger charge is -2.34. The summed E-state index contributed by atoms with van der Waals surface area (Å²) in [6.07, 6.45) is 12.5. The van der Waals surface area contributed by atoms with Gasteiger partial charge in [0.05, 0.1) is 11.0 Å². The molecule has 2 heteroatoms. The van der Waals surface area contributed by atoms with Crippen LogP contribution in [-0.2, 0) is 5.41 Å². The summed E-state index contributed by atoms with van der Waals surface area (Å²) in [5, 5.41) is 2.63. The van der Waals surface area contributed by atoms with E-state index in [-0.39, 0.29) is 5.41 Å². The predicted octanol–water partition coefficient (Wildman–Crippen LogP) is 14.5. The second-order valence-corrected chi connectivity index (χ2v) is 14.5. The number of hydrogen-bond acceptors (Lipinski definition) is 1. The molecule has 7 aromatic rings. The van der Waals surface area contributed by atoms with E-state index in [9.17, 15) is 0 Å². The Morgan fingerprint density at radius 1 is 0.451 bits per heavy atom. The first-order valence-corrected chi connectivity index (χ1v) is 19.4. The zero-order valence-corrected chi connectivity index (χ0v) is 30.3. The Kier molecular flexibility index (Phi) is 9.50. The third-order valence-electron chi connectivity index (χ3n) is 11.4. The summed E-state index contributed by atoms with van der Waals surface area (Å²) in [5.74, 6) is 0. The summed E-state index contributed by atoms with van der Waals surface area (Å²) in [7, 11) is 0. The van der Waals surface area contributed by atoms with Crippen LogP contribution in [-0.4, -0.2) is 4.57 Å². The molecule has 0 atom stereocenters. The monoisotopic (exact) mass is 666 g/mol. The number of nitrogens with zero attached hydrogens (tertiary/aromatic N) is 2. The van der Waals surface area contributed by atoms with Gasteiger partial charge in [0.25, 0.3) is 0 Å². The molecular formula is C49H50N2. The third kappa shape index (κ3) is 6.05. The summed E-state index contributed by atoms with van der Waals surface area (Å²) in [6, 6.07) is 54.3. The SMILES string of the molecule is CCCCCCC1(CCCCCC)c2cc(N(c3ccccc3)c3ccccc3)ccc2-c2ccc(-n3c4ccccc4c4ccccc43)cc21. The molecule has 0 saturated carbocycles. The minimum absolute atomic E-state index is 0.0457. The van der Waals surface area contributed by atoms with Crippen LogP contribution in [0.1, 0.15) is 89.2 Å². The van der Waals surface area contributed by atoms with E-state index in [1.165, 1.54) is 131 Å². The Bertz CT molecular complexity index is 2140. The number of para-hydroxylation sites is 4. The topological polar surface area (TPSA) is 8.17 Å². The molecule has 6 aromatic carbocycles. The van der Waals surface area contributed by atoms with Gasteiger partial charge < -0.3 is 9.47 Å². The Hall–Kier alpha value is -5.08. The summed E-state index contributed by atoms with van der Waals surface area (Å²) in [4.78, 5) is 2.44. The van der Waals surface area contributed by atoms with Crippen LogP contribution >= 0.6 is 0 Å². The maximum Gasteiger partial charge on any atom is 0.0541 e. The largest absolute Gasteiger partial charge is 0.310 e. The van der Waals surface area contributed by atoms with Crippen LogP contribution in [0.5, 0.6) is 0 Å². The molecule has 0 bridgehead atoms. The fourth-order valence-corrected chi connectivity index (χ4v) is 8.92. The van der Waals surface area contributed by atoms with E-state index in [0.29, 0.717) is 0 Å². The van der Waals surface area contributed by atoms with Gasteiger partial charge in [0, 0.05) is 38.9 Å². The van der Waals surface area contributed by atoms with E-state index >= 15 is 0 Å². The van der Waals surface area contributed by atoms with Gasteiger partial charge in [0.2, 0.25) is 0 Å². The number of benzene rings is 6. The Morgan fingerprint density at radius 2 is 0.941 bits per heavy atom. The maximum atomic E-state index is 2.58. The van der Waals surface area contributed by atoms with Crippen LogP contribution in [0.4, 0.5) is 17.1 Å². The van der Waals surface area contributed by atoms with Crippen LogP contribution in [0.15, 0.2) is 146 Å². The Morgan fingerprint density at radius 3 is 1.49 bits per heavy atom.